The lowest BCUT2D eigenvalue weighted by atomic mass is 10.1. The molecule has 3 rings (SSSR count). The van der Waals surface area contributed by atoms with E-state index in [0.717, 1.165) is 11.1 Å². The summed E-state index contributed by atoms with van der Waals surface area (Å²) in [6, 6.07) is 12.8. The highest BCUT2D eigenvalue weighted by Gasteiger charge is 2.26. The SMILES string of the molecule is C=Cc1c(/C=C\C)[s+](-c2cc(C)c(O)c(C)c2)c2ccccc12. The summed E-state index contributed by atoms with van der Waals surface area (Å²) < 4.78 is 1.33. The van der Waals surface area contributed by atoms with E-state index in [2.05, 4.69) is 55.1 Å². The third kappa shape index (κ3) is 2.49. The number of hydrogen-bond donors (Lipinski definition) is 1. The minimum Gasteiger partial charge on any atom is -0.507 e. The number of benzene rings is 2. The van der Waals surface area contributed by atoms with Gasteiger partial charge in [0.1, 0.15) is 5.75 Å². The van der Waals surface area contributed by atoms with Gasteiger partial charge in [0.15, 0.2) is 14.5 Å². The first-order valence-electron chi connectivity index (χ1n) is 7.71. The summed E-state index contributed by atoms with van der Waals surface area (Å²) in [7, 11) is -0.152. The summed E-state index contributed by atoms with van der Waals surface area (Å²) in [6.45, 7) is 10.00. The van der Waals surface area contributed by atoms with Crippen LogP contribution in [0.15, 0.2) is 49.1 Å². The zero-order valence-electron chi connectivity index (χ0n) is 13.8. The molecule has 0 fully saturated rings. The molecule has 1 unspecified atom stereocenters. The minimum absolute atomic E-state index is 0.152. The number of allylic oxidation sites excluding steroid dienone is 1. The molecule has 2 heteroatoms. The van der Waals surface area contributed by atoms with E-state index in [1.165, 1.54) is 25.4 Å². The molecule has 116 valence electrons. The highest BCUT2D eigenvalue weighted by Crippen LogP contribution is 2.49. The van der Waals surface area contributed by atoms with E-state index in [4.69, 9.17) is 0 Å². The Bertz CT molecular complexity index is 905. The molecular weight excluding hydrogens is 300 g/mol. The maximum Gasteiger partial charge on any atom is 0.187 e. The van der Waals surface area contributed by atoms with E-state index in [1.807, 2.05) is 26.8 Å². The fraction of sp³-hybridized carbons (Fsp3) is 0.143. The number of rotatable bonds is 3. The molecule has 2 aromatic carbocycles. The van der Waals surface area contributed by atoms with Crippen molar-refractivity contribution in [3.05, 3.63) is 70.6 Å². The van der Waals surface area contributed by atoms with E-state index < -0.39 is 0 Å². The third-order valence-electron chi connectivity index (χ3n) is 4.10. The summed E-state index contributed by atoms with van der Waals surface area (Å²) in [5.74, 6) is 0.394. The van der Waals surface area contributed by atoms with Crippen molar-refractivity contribution in [3.63, 3.8) is 0 Å². The first kappa shape index (κ1) is 15.6. The molecule has 0 spiro atoms. The predicted octanol–water partition coefficient (Wildman–Crippen LogP) is 6.58. The predicted molar refractivity (Wildman–Crippen MR) is 104 cm³/mol. The Hall–Kier alpha value is -2.32. The van der Waals surface area contributed by atoms with Crippen LogP contribution >= 0.6 is 10.5 Å². The van der Waals surface area contributed by atoms with Crippen LogP contribution in [0.5, 0.6) is 5.75 Å². The van der Waals surface area contributed by atoms with Gasteiger partial charge < -0.3 is 5.11 Å². The molecule has 1 atom stereocenters. The van der Waals surface area contributed by atoms with Crippen molar-refractivity contribution < 1.29 is 5.11 Å². The molecule has 0 aliphatic rings. The molecule has 0 aliphatic carbocycles. The van der Waals surface area contributed by atoms with Crippen molar-refractivity contribution >= 4 is 32.7 Å². The quantitative estimate of drug-likeness (QED) is 0.540. The summed E-state index contributed by atoms with van der Waals surface area (Å²) in [5, 5.41) is 11.4. The monoisotopic (exact) mass is 321 g/mol. The summed E-state index contributed by atoms with van der Waals surface area (Å²) in [4.78, 5) is 2.54. The van der Waals surface area contributed by atoms with Gasteiger partial charge in [0.2, 0.25) is 0 Å². The van der Waals surface area contributed by atoms with Crippen molar-refractivity contribution in [3.8, 4) is 10.6 Å². The molecule has 0 radical (unpaired) electrons. The van der Waals surface area contributed by atoms with Gasteiger partial charge in [-0.25, -0.2) is 0 Å². The summed E-state index contributed by atoms with van der Waals surface area (Å²) in [6.07, 6.45) is 6.24. The number of phenols is 1. The molecule has 1 nitrogen and oxygen atoms in total. The van der Waals surface area contributed by atoms with Crippen LogP contribution in [0.2, 0.25) is 0 Å². The van der Waals surface area contributed by atoms with Gasteiger partial charge in [0, 0.05) is 33.6 Å². The zero-order chi connectivity index (χ0) is 16.6. The lowest BCUT2D eigenvalue weighted by Crippen LogP contribution is -1.83. The average Bonchev–Trinajstić information content (AvgIpc) is 2.85. The van der Waals surface area contributed by atoms with E-state index in [9.17, 15) is 5.11 Å². The lowest BCUT2D eigenvalue weighted by molar-refractivity contribution is 0.467. The molecular formula is C21H21OS+. The standard InChI is InChI=1S/C21H20OS/c1-5-9-19-17(6-2)18-10-7-8-11-20(18)23(19)16-12-14(3)21(22)15(4)13-16/h5-13H,2H2,1,3-4H3/p+1/b9-5-. The van der Waals surface area contributed by atoms with Crippen LogP contribution in [-0.4, -0.2) is 5.11 Å². The Morgan fingerprint density at radius 2 is 1.74 bits per heavy atom. The molecule has 1 heterocycles. The normalized spacial score (nSPS) is 12.2. The Balaban J connectivity index is 2.45. The topological polar surface area (TPSA) is 20.2 Å². The molecule has 0 amide bonds. The number of thiophene rings is 1. The molecule has 0 aliphatic heterocycles. The highest BCUT2D eigenvalue weighted by molar-refractivity contribution is 7.46. The molecule has 1 aromatic heterocycles. The number of fused-ring (bicyclic) bond motifs is 1. The maximum atomic E-state index is 10.1. The van der Waals surface area contributed by atoms with Crippen LogP contribution in [0.3, 0.4) is 0 Å². The van der Waals surface area contributed by atoms with E-state index in [-0.39, 0.29) is 10.5 Å². The molecule has 0 bridgehead atoms. The largest absolute Gasteiger partial charge is 0.507 e. The number of aromatic hydroxyl groups is 1. The minimum atomic E-state index is -0.152. The Morgan fingerprint density at radius 1 is 1.09 bits per heavy atom. The van der Waals surface area contributed by atoms with Crippen molar-refractivity contribution in [2.24, 2.45) is 0 Å². The van der Waals surface area contributed by atoms with E-state index in [0.29, 0.717) is 5.75 Å². The van der Waals surface area contributed by atoms with E-state index in [1.54, 1.807) is 0 Å². The summed E-state index contributed by atoms with van der Waals surface area (Å²) in [5.41, 5.74) is 3.07. The van der Waals surface area contributed by atoms with Crippen molar-refractivity contribution in [1.82, 2.24) is 0 Å². The highest BCUT2D eigenvalue weighted by atomic mass is 32.2. The molecule has 3 aromatic rings. The lowest BCUT2D eigenvalue weighted by Gasteiger charge is -2.03. The van der Waals surface area contributed by atoms with Gasteiger partial charge >= 0.3 is 0 Å². The van der Waals surface area contributed by atoms with Gasteiger partial charge in [0.05, 0.1) is 0 Å². The maximum absolute atomic E-state index is 10.1. The van der Waals surface area contributed by atoms with Crippen LogP contribution in [-0.2, 0) is 0 Å². The van der Waals surface area contributed by atoms with Gasteiger partial charge in [-0.3, -0.25) is 0 Å². The average molecular weight is 321 g/mol. The second-order valence-corrected chi connectivity index (χ2v) is 7.65. The van der Waals surface area contributed by atoms with E-state index >= 15 is 0 Å². The van der Waals surface area contributed by atoms with Crippen molar-refractivity contribution in [1.29, 1.82) is 0 Å². The smallest absolute Gasteiger partial charge is 0.187 e. The fourth-order valence-corrected chi connectivity index (χ4v) is 5.67. The van der Waals surface area contributed by atoms with Crippen LogP contribution in [0.4, 0.5) is 0 Å². The summed E-state index contributed by atoms with van der Waals surface area (Å²) >= 11 is 0. The Labute approximate surface area is 140 Å². The van der Waals surface area contributed by atoms with Crippen LogP contribution in [0.25, 0.3) is 27.1 Å². The van der Waals surface area contributed by atoms with Crippen LogP contribution in [0, 0.1) is 13.8 Å². The molecule has 0 saturated heterocycles. The van der Waals surface area contributed by atoms with Gasteiger partial charge in [-0.1, -0.05) is 30.9 Å². The number of hydrogen-bond acceptors (Lipinski definition) is 1. The number of aryl methyl sites for hydroxylation is 2. The number of phenolic OH excluding ortho intramolecular Hbond substituents is 1. The van der Waals surface area contributed by atoms with Crippen LogP contribution in [0.1, 0.15) is 28.5 Å². The third-order valence-corrected chi connectivity index (χ3v) is 6.40. The molecule has 23 heavy (non-hydrogen) atoms. The van der Waals surface area contributed by atoms with Gasteiger partial charge in [-0.05, 0) is 50.1 Å². The van der Waals surface area contributed by atoms with Crippen LogP contribution < -0.4 is 0 Å². The van der Waals surface area contributed by atoms with Gasteiger partial charge in [0.25, 0.3) is 0 Å². The second-order valence-electron chi connectivity index (χ2n) is 5.69. The molecule has 0 saturated carbocycles. The van der Waals surface area contributed by atoms with Gasteiger partial charge in [-0.2, -0.15) is 0 Å². The Kier molecular flexibility index (Phi) is 4.10. The van der Waals surface area contributed by atoms with Gasteiger partial charge in [-0.15, -0.1) is 0 Å². The first-order chi connectivity index (χ1) is 11.1. The first-order valence-corrected chi connectivity index (χ1v) is 8.94. The second kappa shape index (κ2) is 6.05. The van der Waals surface area contributed by atoms with Crippen molar-refractivity contribution in [2.75, 3.05) is 0 Å². The molecule has 1 N–H and O–H groups in total. The zero-order valence-corrected chi connectivity index (χ0v) is 14.6. The Morgan fingerprint density at radius 3 is 2.35 bits per heavy atom. The fourth-order valence-electron chi connectivity index (χ4n) is 3.04. The van der Waals surface area contributed by atoms with Crippen molar-refractivity contribution in [2.45, 2.75) is 20.8 Å².